The largest absolute Gasteiger partial charge is 0.341 e. The van der Waals surface area contributed by atoms with E-state index in [2.05, 4.69) is 21.2 Å². The lowest BCUT2D eigenvalue weighted by molar-refractivity contribution is -0.134. The molecule has 0 spiro atoms. The molecule has 2 aromatic rings. The molecule has 0 saturated carbocycles. The number of piperidine rings is 2. The Morgan fingerprint density at radius 2 is 1.96 bits per heavy atom. The number of nitrogens with two attached hydrogens (primary N) is 1. The highest BCUT2D eigenvalue weighted by Crippen LogP contribution is 2.21. The summed E-state index contributed by atoms with van der Waals surface area (Å²) < 4.78 is 0. The highest BCUT2D eigenvalue weighted by atomic mass is 16.2. The first kappa shape index (κ1) is 17.5. The summed E-state index contributed by atoms with van der Waals surface area (Å²) in [5.41, 5.74) is 8.35. The fourth-order valence-corrected chi connectivity index (χ4v) is 4.43. The van der Waals surface area contributed by atoms with E-state index in [1.165, 1.54) is 32.4 Å². The molecule has 1 aromatic carbocycles. The van der Waals surface area contributed by atoms with Crippen LogP contribution in [0.3, 0.4) is 0 Å². The van der Waals surface area contributed by atoms with Crippen molar-refractivity contribution in [3.05, 3.63) is 30.0 Å². The van der Waals surface area contributed by atoms with Crippen LogP contribution in [0.25, 0.3) is 10.9 Å². The van der Waals surface area contributed by atoms with Crippen molar-refractivity contribution < 1.29 is 4.79 Å². The molecule has 4 rings (SSSR count). The number of rotatable bonds is 4. The number of amides is 1. The molecular formula is C20H29N5O. The van der Waals surface area contributed by atoms with E-state index in [9.17, 15) is 4.79 Å². The van der Waals surface area contributed by atoms with Crippen molar-refractivity contribution in [3.63, 3.8) is 0 Å². The average molecular weight is 355 g/mol. The van der Waals surface area contributed by atoms with E-state index in [1.807, 2.05) is 17.0 Å². The molecule has 3 heterocycles. The zero-order chi connectivity index (χ0) is 17.9. The highest BCUT2D eigenvalue weighted by Gasteiger charge is 2.29. The standard InChI is InChI=1S/C20H29N5O/c21-18(13-15-4-5-19-16(12-15)14-22-23-19)20(26)25-10-6-17(7-11-25)24-8-2-1-3-9-24/h4-5,12,14,17-18H,1-3,6-11,13,21H2,(H,22,23). The molecule has 1 unspecified atom stereocenters. The van der Waals surface area contributed by atoms with Crippen molar-refractivity contribution in [1.29, 1.82) is 0 Å². The van der Waals surface area contributed by atoms with Crippen LogP contribution in [0.15, 0.2) is 24.4 Å². The Balaban J connectivity index is 1.31. The summed E-state index contributed by atoms with van der Waals surface area (Å²) in [5, 5.41) is 8.05. The van der Waals surface area contributed by atoms with Gasteiger partial charge in [0.05, 0.1) is 17.8 Å². The number of aromatic amines is 1. The molecule has 2 aliphatic heterocycles. The molecule has 0 bridgehead atoms. The van der Waals surface area contributed by atoms with Crippen LogP contribution in [0.4, 0.5) is 0 Å². The van der Waals surface area contributed by atoms with Gasteiger partial charge in [-0.15, -0.1) is 0 Å². The van der Waals surface area contributed by atoms with E-state index in [4.69, 9.17) is 5.73 Å². The summed E-state index contributed by atoms with van der Waals surface area (Å²) in [7, 11) is 0. The monoisotopic (exact) mass is 355 g/mol. The van der Waals surface area contributed by atoms with Gasteiger partial charge in [0.1, 0.15) is 0 Å². The molecule has 140 valence electrons. The number of fused-ring (bicyclic) bond motifs is 1. The van der Waals surface area contributed by atoms with E-state index < -0.39 is 6.04 Å². The second-order valence-electron chi connectivity index (χ2n) is 7.76. The first-order valence-corrected chi connectivity index (χ1v) is 9.91. The molecule has 6 heteroatoms. The number of nitrogens with zero attached hydrogens (tertiary/aromatic N) is 3. The number of H-pyrrole nitrogens is 1. The van der Waals surface area contributed by atoms with Gasteiger partial charge in [-0.2, -0.15) is 5.10 Å². The second-order valence-corrected chi connectivity index (χ2v) is 7.76. The molecule has 6 nitrogen and oxygen atoms in total. The summed E-state index contributed by atoms with van der Waals surface area (Å²) in [4.78, 5) is 17.4. The Morgan fingerprint density at radius 3 is 2.73 bits per heavy atom. The lowest BCUT2D eigenvalue weighted by Crippen LogP contribution is -2.52. The lowest BCUT2D eigenvalue weighted by Gasteiger charge is -2.40. The topological polar surface area (TPSA) is 78.2 Å². The summed E-state index contributed by atoms with van der Waals surface area (Å²) in [6, 6.07) is 6.27. The summed E-state index contributed by atoms with van der Waals surface area (Å²) in [6.07, 6.45) is 8.56. The van der Waals surface area contributed by atoms with Gasteiger partial charge in [-0.05, 0) is 62.9 Å². The van der Waals surface area contributed by atoms with Crippen molar-refractivity contribution in [1.82, 2.24) is 20.0 Å². The van der Waals surface area contributed by atoms with Crippen LogP contribution in [0.5, 0.6) is 0 Å². The molecule has 2 aliphatic rings. The van der Waals surface area contributed by atoms with Gasteiger partial charge in [0.15, 0.2) is 0 Å². The van der Waals surface area contributed by atoms with Gasteiger partial charge in [0.2, 0.25) is 5.91 Å². The number of benzene rings is 1. The SMILES string of the molecule is NC(Cc1ccc2[nH]ncc2c1)C(=O)N1CCC(N2CCCCC2)CC1. The summed E-state index contributed by atoms with van der Waals surface area (Å²) in [6.45, 7) is 4.15. The Kier molecular flexibility index (Phi) is 5.22. The Morgan fingerprint density at radius 1 is 1.19 bits per heavy atom. The number of likely N-dealkylation sites (tertiary alicyclic amines) is 2. The summed E-state index contributed by atoms with van der Waals surface area (Å²) >= 11 is 0. The molecule has 2 saturated heterocycles. The zero-order valence-electron chi connectivity index (χ0n) is 15.4. The number of hydrogen-bond donors (Lipinski definition) is 2. The van der Waals surface area contributed by atoms with Crippen molar-refractivity contribution in [2.24, 2.45) is 5.73 Å². The number of hydrogen-bond acceptors (Lipinski definition) is 4. The van der Waals surface area contributed by atoms with E-state index in [0.717, 1.165) is 42.4 Å². The van der Waals surface area contributed by atoms with Crippen molar-refractivity contribution >= 4 is 16.8 Å². The minimum Gasteiger partial charge on any atom is -0.341 e. The fourth-order valence-electron chi connectivity index (χ4n) is 4.43. The van der Waals surface area contributed by atoms with Gasteiger partial charge in [-0.3, -0.25) is 9.89 Å². The van der Waals surface area contributed by atoms with Gasteiger partial charge in [0.25, 0.3) is 0 Å². The third-order valence-corrected chi connectivity index (χ3v) is 5.96. The normalized spacial score (nSPS) is 21.2. The predicted molar refractivity (Wildman–Crippen MR) is 103 cm³/mol. The van der Waals surface area contributed by atoms with Crippen molar-refractivity contribution in [2.45, 2.75) is 50.6 Å². The maximum absolute atomic E-state index is 12.8. The minimum absolute atomic E-state index is 0.0920. The van der Waals surface area contributed by atoms with E-state index in [-0.39, 0.29) is 5.91 Å². The molecule has 1 atom stereocenters. The summed E-state index contributed by atoms with van der Waals surface area (Å²) in [5.74, 6) is 0.0920. The Labute approximate surface area is 154 Å². The minimum atomic E-state index is -0.467. The molecule has 0 aliphatic carbocycles. The van der Waals surface area contributed by atoms with E-state index >= 15 is 0 Å². The van der Waals surface area contributed by atoms with Gasteiger partial charge >= 0.3 is 0 Å². The molecule has 1 aromatic heterocycles. The van der Waals surface area contributed by atoms with Gasteiger partial charge in [-0.1, -0.05) is 12.5 Å². The number of carbonyl (C=O) groups excluding carboxylic acids is 1. The molecule has 1 amide bonds. The predicted octanol–water partition coefficient (Wildman–Crippen LogP) is 1.91. The lowest BCUT2D eigenvalue weighted by atomic mass is 9.98. The highest BCUT2D eigenvalue weighted by molar-refractivity contribution is 5.83. The first-order chi connectivity index (χ1) is 12.7. The average Bonchev–Trinajstić information content (AvgIpc) is 3.16. The van der Waals surface area contributed by atoms with E-state index in [0.29, 0.717) is 12.5 Å². The third kappa shape index (κ3) is 3.76. The maximum atomic E-state index is 12.8. The quantitative estimate of drug-likeness (QED) is 0.878. The zero-order valence-corrected chi connectivity index (χ0v) is 15.4. The van der Waals surface area contributed by atoms with Crippen LogP contribution in [0, 0.1) is 0 Å². The van der Waals surface area contributed by atoms with Crippen molar-refractivity contribution in [2.75, 3.05) is 26.2 Å². The Bertz CT molecular complexity index is 743. The van der Waals surface area contributed by atoms with E-state index in [1.54, 1.807) is 6.20 Å². The van der Waals surface area contributed by atoms with Crippen LogP contribution >= 0.6 is 0 Å². The Hall–Kier alpha value is -1.92. The fraction of sp³-hybridized carbons (Fsp3) is 0.600. The van der Waals surface area contributed by atoms with Gasteiger partial charge in [-0.25, -0.2) is 0 Å². The van der Waals surface area contributed by atoms with Crippen LogP contribution in [-0.4, -0.2) is 64.2 Å². The van der Waals surface area contributed by atoms with Crippen LogP contribution in [0.1, 0.15) is 37.7 Å². The van der Waals surface area contributed by atoms with Gasteiger partial charge < -0.3 is 15.5 Å². The third-order valence-electron chi connectivity index (χ3n) is 5.96. The number of nitrogens with one attached hydrogen (secondary N) is 1. The number of carbonyl (C=O) groups is 1. The molecule has 0 radical (unpaired) electrons. The van der Waals surface area contributed by atoms with Crippen LogP contribution < -0.4 is 5.73 Å². The molecule has 2 fully saturated rings. The van der Waals surface area contributed by atoms with Crippen LogP contribution in [-0.2, 0) is 11.2 Å². The maximum Gasteiger partial charge on any atom is 0.239 e. The number of aromatic nitrogens is 2. The first-order valence-electron chi connectivity index (χ1n) is 9.91. The molecule has 3 N–H and O–H groups in total. The van der Waals surface area contributed by atoms with Gasteiger partial charge in [0, 0.05) is 24.5 Å². The van der Waals surface area contributed by atoms with Crippen LogP contribution in [0.2, 0.25) is 0 Å². The smallest absolute Gasteiger partial charge is 0.239 e. The molecular weight excluding hydrogens is 326 g/mol. The second kappa shape index (κ2) is 7.76. The molecule has 26 heavy (non-hydrogen) atoms. The van der Waals surface area contributed by atoms with Crippen molar-refractivity contribution in [3.8, 4) is 0 Å².